The molecule has 0 aliphatic heterocycles. The van der Waals surface area contributed by atoms with Crippen LogP contribution in [0.3, 0.4) is 0 Å². The van der Waals surface area contributed by atoms with Crippen LogP contribution in [-0.4, -0.2) is 42.1 Å². The number of hydrogen-bond donors (Lipinski definition) is 1. The normalized spacial score (nSPS) is 10.1. The molecule has 0 bridgehead atoms. The van der Waals surface area contributed by atoms with Gasteiger partial charge >= 0.3 is 5.97 Å². The van der Waals surface area contributed by atoms with Crippen LogP contribution in [0.2, 0.25) is 0 Å². The maximum atomic E-state index is 10.3. The van der Waals surface area contributed by atoms with Gasteiger partial charge in [-0.25, -0.2) is 0 Å². The van der Waals surface area contributed by atoms with E-state index in [2.05, 4.69) is 0 Å². The maximum absolute atomic E-state index is 10.3. The predicted molar refractivity (Wildman–Crippen MR) is 55.1 cm³/mol. The third-order valence-electron chi connectivity index (χ3n) is 1.77. The second-order valence-corrected chi connectivity index (χ2v) is 5.58. The molecule has 0 unspecified atom stereocenters. The summed E-state index contributed by atoms with van der Waals surface area (Å²) in [5, 5.41) is 8.48. The summed E-state index contributed by atoms with van der Waals surface area (Å²) in [4.78, 5) is 30.6. The topological polar surface area (TPSA) is 71.4 Å². The molecule has 0 amide bonds. The molecule has 0 aliphatic carbocycles. The number of carboxylic acid groups (broad SMARTS) is 1. The molecular formula is C9H15O4P. The quantitative estimate of drug-likeness (QED) is 0.465. The molecule has 0 aromatic heterocycles. The van der Waals surface area contributed by atoms with Crippen LogP contribution in [0.4, 0.5) is 0 Å². The maximum Gasteiger partial charge on any atom is 0.303 e. The van der Waals surface area contributed by atoms with E-state index in [1.54, 1.807) is 0 Å². The van der Waals surface area contributed by atoms with Crippen molar-refractivity contribution in [1.82, 2.24) is 0 Å². The van der Waals surface area contributed by atoms with Gasteiger partial charge in [0.2, 0.25) is 0 Å². The van der Waals surface area contributed by atoms with E-state index in [1.165, 1.54) is 0 Å². The molecule has 14 heavy (non-hydrogen) atoms. The van der Waals surface area contributed by atoms with Crippen LogP contribution >= 0.6 is 7.92 Å². The van der Waals surface area contributed by atoms with Crippen molar-refractivity contribution >= 4 is 26.5 Å². The minimum Gasteiger partial charge on any atom is -0.481 e. The first-order chi connectivity index (χ1) is 6.70. The van der Waals surface area contributed by atoms with E-state index in [4.69, 9.17) is 5.11 Å². The standard InChI is InChI=1S/C9H15O4P/c10-4-1-6-14(7-2-5-11)8-3-9(12)13/h4-5H,1-3,6-8H2,(H,12,13). The number of aldehydes is 2. The smallest absolute Gasteiger partial charge is 0.303 e. The highest BCUT2D eigenvalue weighted by Crippen LogP contribution is 2.36. The van der Waals surface area contributed by atoms with Gasteiger partial charge in [-0.1, -0.05) is 0 Å². The van der Waals surface area contributed by atoms with Crippen molar-refractivity contribution in [2.24, 2.45) is 0 Å². The minimum absolute atomic E-state index is 0.142. The van der Waals surface area contributed by atoms with E-state index in [0.29, 0.717) is 19.0 Å². The second kappa shape index (κ2) is 8.82. The molecule has 0 aromatic carbocycles. The molecule has 5 heteroatoms. The summed E-state index contributed by atoms with van der Waals surface area (Å²) in [6.45, 7) is 0. The summed E-state index contributed by atoms with van der Waals surface area (Å²) >= 11 is 0. The van der Waals surface area contributed by atoms with Crippen molar-refractivity contribution in [3.05, 3.63) is 0 Å². The first-order valence-electron chi connectivity index (χ1n) is 4.52. The summed E-state index contributed by atoms with van der Waals surface area (Å²) in [6.07, 6.45) is 4.90. The van der Waals surface area contributed by atoms with Gasteiger partial charge in [-0.05, 0) is 18.5 Å². The van der Waals surface area contributed by atoms with Crippen LogP contribution in [0.1, 0.15) is 19.3 Å². The van der Waals surface area contributed by atoms with Crippen LogP contribution in [-0.2, 0) is 14.4 Å². The Morgan fingerprint density at radius 2 is 1.57 bits per heavy atom. The van der Waals surface area contributed by atoms with Gasteiger partial charge in [-0.3, -0.25) is 4.79 Å². The molecule has 80 valence electrons. The lowest BCUT2D eigenvalue weighted by Gasteiger charge is -2.13. The highest BCUT2D eigenvalue weighted by Gasteiger charge is 2.09. The average molecular weight is 218 g/mol. The molecule has 0 radical (unpaired) electrons. The van der Waals surface area contributed by atoms with E-state index in [0.717, 1.165) is 24.9 Å². The van der Waals surface area contributed by atoms with E-state index in [1.807, 2.05) is 0 Å². The molecule has 0 spiro atoms. The van der Waals surface area contributed by atoms with Crippen molar-refractivity contribution in [2.45, 2.75) is 19.3 Å². The molecule has 0 aromatic rings. The fraction of sp³-hybridized carbons (Fsp3) is 0.667. The monoisotopic (exact) mass is 218 g/mol. The first kappa shape index (κ1) is 13.2. The Hall–Kier alpha value is -0.760. The van der Waals surface area contributed by atoms with Crippen LogP contribution in [0.15, 0.2) is 0 Å². The van der Waals surface area contributed by atoms with Gasteiger partial charge in [0.1, 0.15) is 12.6 Å². The van der Waals surface area contributed by atoms with E-state index >= 15 is 0 Å². The third-order valence-corrected chi connectivity index (χ3v) is 4.41. The number of hydrogen-bond acceptors (Lipinski definition) is 3. The number of aliphatic carboxylic acids is 1. The van der Waals surface area contributed by atoms with Crippen molar-refractivity contribution in [3.63, 3.8) is 0 Å². The SMILES string of the molecule is O=CCCP(CCC=O)CCC(=O)O. The van der Waals surface area contributed by atoms with Crippen molar-refractivity contribution < 1.29 is 19.5 Å². The van der Waals surface area contributed by atoms with Crippen molar-refractivity contribution in [1.29, 1.82) is 0 Å². The molecule has 0 saturated heterocycles. The number of carboxylic acids is 1. The fourth-order valence-corrected chi connectivity index (χ4v) is 3.18. The van der Waals surface area contributed by atoms with Crippen LogP contribution < -0.4 is 0 Å². The zero-order chi connectivity index (χ0) is 10.8. The lowest BCUT2D eigenvalue weighted by molar-refractivity contribution is -0.136. The van der Waals surface area contributed by atoms with E-state index in [9.17, 15) is 14.4 Å². The Labute approximate surface area is 84.4 Å². The number of carbonyl (C=O) groups is 3. The highest BCUT2D eigenvalue weighted by atomic mass is 31.1. The lowest BCUT2D eigenvalue weighted by Crippen LogP contribution is -2.02. The molecule has 0 heterocycles. The van der Waals surface area contributed by atoms with Crippen molar-refractivity contribution in [2.75, 3.05) is 18.5 Å². The largest absolute Gasteiger partial charge is 0.481 e. The Balaban J connectivity index is 3.76. The molecule has 1 N–H and O–H groups in total. The summed E-state index contributed by atoms with van der Waals surface area (Å²) in [5.41, 5.74) is 0. The molecule has 0 rings (SSSR count). The summed E-state index contributed by atoms with van der Waals surface area (Å²) < 4.78 is 0. The molecule has 0 saturated carbocycles. The summed E-state index contributed by atoms with van der Waals surface area (Å²) in [6, 6.07) is 0. The van der Waals surface area contributed by atoms with Gasteiger partial charge in [0.15, 0.2) is 0 Å². The zero-order valence-corrected chi connectivity index (χ0v) is 8.91. The van der Waals surface area contributed by atoms with Gasteiger partial charge in [0, 0.05) is 19.3 Å². The Morgan fingerprint density at radius 3 is 1.93 bits per heavy atom. The van der Waals surface area contributed by atoms with E-state index in [-0.39, 0.29) is 6.42 Å². The first-order valence-corrected chi connectivity index (χ1v) is 6.42. The van der Waals surface area contributed by atoms with Gasteiger partial charge in [-0.2, -0.15) is 0 Å². The minimum atomic E-state index is -0.810. The fourth-order valence-electron chi connectivity index (χ4n) is 1.06. The van der Waals surface area contributed by atoms with Crippen LogP contribution in [0.5, 0.6) is 0 Å². The van der Waals surface area contributed by atoms with Gasteiger partial charge < -0.3 is 14.7 Å². The Bertz CT molecular complexity index is 181. The molecule has 0 aliphatic rings. The molecular weight excluding hydrogens is 203 g/mol. The summed E-state index contributed by atoms with van der Waals surface area (Å²) in [5.74, 6) is -0.810. The Kier molecular flexibility index (Phi) is 8.34. The van der Waals surface area contributed by atoms with Gasteiger partial charge in [0.05, 0.1) is 0 Å². The average Bonchev–Trinajstić information content (AvgIpc) is 2.16. The molecule has 0 fully saturated rings. The predicted octanol–water partition coefficient (Wildman–Crippen LogP) is 1.12. The Morgan fingerprint density at radius 1 is 1.07 bits per heavy atom. The highest BCUT2D eigenvalue weighted by molar-refractivity contribution is 7.57. The lowest BCUT2D eigenvalue weighted by atomic mass is 10.5. The molecule has 4 nitrogen and oxygen atoms in total. The number of rotatable bonds is 9. The summed E-state index contributed by atoms with van der Waals surface area (Å²) in [7, 11) is -0.448. The van der Waals surface area contributed by atoms with Crippen molar-refractivity contribution in [3.8, 4) is 0 Å². The van der Waals surface area contributed by atoms with Crippen LogP contribution in [0, 0.1) is 0 Å². The number of carbonyl (C=O) groups excluding carboxylic acids is 2. The molecule has 0 atom stereocenters. The van der Waals surface area contributed by atoms with Gasteiger partial charge in [0.25, 0.3) is 0 Å². The van der Waals surface area contributed by atoms with E-state index < -0.39 is 13.9 Å². The van der Waals surface area contributed by atoms with Crippen LogP contribution in [0.25, 0.3) is 0 Å². The second-order valence-electron chi connectivity index (χ2n) is 2.90. The zero-order valence-electron chi connectivity index (χ0n) is 8.02. The third kappa shape index (κ3) is 7.87. The van der Waals surface area contributed by atoms with Gasteiger partial charge in [-0.15, -0.1) is 7.92 Å².